The molecule has 0 amide bonds. The molecule has 0 bridgehead atoms. The molecule has 0 saturated heterocycles. The van der Waals surface area contributed by atoms with Gasteiger partial charge in [0.1, 0.15) is 5.60 Å². The standard InChI is InChI=1S/C24H27NO4/c1-24(2,3)29-23(27)15-12-18-8-10-20(11-9-18)17-25-21-7-5-6-19(16-21)13-14-22(26)28-4/h5-16,25H,17H2,1-4H3/b14-13+,15-12+. The molecule has 5 nitrogen and oxygen atoms in total. The number of rotatable bonds is 7. The molecule has 1 N–H and O–H groups in total. The molecule has 0 spiro atoms. The Bertz CT molecular complexity index is 890. The van der Waals surface area contributed by atoms with Crippen molar-refractivity contribution in [3.63, 3.8) is 0 Å². The van der Waals surface area contributed by atoms with E-state index in [1.165, 1.54) is 19.3 Å². The molecule has 0 aliphatic carbocycles. The van der Waals surface area contributed by atoms with Crippen molar-refractivity contribution in [2.75, 3.05) is 12.4 Å². The Kier molecular flexibility index (Phi) is 7.78. The van der Waals surface area contributed by atoms with Crippen LogP contribution in [0.4, 0.5) is 5.69 Å². The summed E-state index contributed by atoms with van der Waals surface area (Å²) in [5.41, 5.74) is 3.39. The van der Waals surface area contributed by atoms with E-state index in [4.69, 9.17) is 4.74 Å². The molecule has 0 saturated carbocycles. The number of hydrogen-bond donors (Lipinski definition) is 1. The summed E-state index contributed by atoms with van der Waals surface area (Å²) < 4.78 is 9.85. The highest BCUT2D eigenvalue weighted by molar-refractivity contribution is 5.87. The van der Waals surface area contributed by atoms with Crippen molar-refractivity contribution < 1.29 is 19.1 Å². The Morgan fingerprint density at radius 3 is 2.24 bits per heavy atom. The molecule has 2 aromatic rings. The van der Waals surface area contributed by atoms with Crippen LogP contribution in [-0.4, -0.2) is 24.6 Å². The largest absolute Gasteiger partial charge is 0.466 e. The van der Waals surface area contributed by atoms with Gasteiger partial charge in [-0.05, 0) is 61.7 Å². The Morgan fingerprint density at radius 1 is 0.931 bits per heavy atom. The van der Waals surface area contributed by atoms with E-state index in [9.17, 15) is 9.59 Å². The number of anilines is 1. The van der Waals surface area contributed by atoms with E-state index < -0.39 is 5.60 Å². The summed E-state index contributed by atoms with van der Waals surface area (Å²) >= 11 is 0. The molecule has 2 rings (SSSR count). The maximum Gasteiger partial charge on any atom is 0.331 e. The van der Waals surface area contributed by atoms with Crippen molar-refractivity contribution >= 4 is 29.8 Å². The van der Waals surface area contributed by atoms with Crippen molar-refractivity contribution in [1.82, 2.24) is 0 Å². The lowest BCUT2D eigenvalue weighted by atomic mass is 10.1. The van der Waals surface area contributed by atoms with Crippen molar-refractivity contribution in [3.8, 4) is 0 Å². The van der Waals surface area contributed by atoms with Crippen LogP contribution in [0.5, 0.6) is 0 Å². The zero-order valence-electron chi connectivity index (χ0n) is 17.3. The van der Waals surface area contributed by atoms with Crippen molar-refractivity contribution in [2.45, 2.75) is 32.9 Å². The van der Waals surface area contributed by atoms with Gasteiger partial charge in [0.05, 0.1) is 7.11 Å². The highest BCUT2D eigenvalue weighted by Gasteiger charge is 2.13. The topological polar surface area (TPSA) is 64.6 Å². The van der Waals surface area contributed by atoms with Gasteiger partial charge in [-0.25, -0.2) is 9.59 Å². The second-order valence-electron chi connectivity index (χ2n) is 7.44. The monoisotopic (exact) mass is 393 g/mol. The van der Waals surface area contributed by atoms with Crippen molar-refractivity contribution in [1.29, 1.82) is 0 Å². The smallest absolute Gasteiger partial charge is 0.331 e. The number of hydrogen-bond acceptors (Lipinski definition) is 5. The van der Waals surface area contributed by atoms with E-state index in [1.807, 2.05) is 69.3 Å². The normalized spacial score (nSPS) is 11.6. The average Bonchev–Trinajstić information content (AvgIpc) is 2.68. The maximum atomic E-state index is 11.7. The molecule has 29 heavy (non-hydrogen) atoms. The number of carbonyl (C=O) groups is 2. The maximum absolute atomic E-state index is 11.7. The van der Waals surface area contributed by atoms with Gasteiger partial charge in [-0.3, -0.25) is 0 Å². The molecule has 0 radical (unpaired) electrons. The Hall–Kier alpha value is -3.34. The zero-order valence-corrected chi connectivity index (χ0v) is 17.3. The highest BCUT2D eigenvalue weighted by Crippen LogP contribution is 2.15. The number of nitrogens with one attached hydrogen (secondary N) is 1. The average molecular weight is 393 g/mol. The van der Waals surface area contributed by atoms with E-state index in [2.05, 4.69) is 10.1 Å². The number of esters is 2. The molecule has 0 atom stereocenters. The summed E-state index contributed by atoms with van der Waals surface area (Å²) in [4.78, 5) is 22.9. The van der Waals surface area contributed by atoms with Crippen molar-refractivity contribution in [2.24, 2.45) is 0 Å². The minimum absolute atomic E-state index is 0.357. The molecule has 0 aromatic heterocycles. The molecule has 0 unspecified atom stereocenters. The second-order valence-corrected chi connectivity index (χ2v) is 7.44. The minimum atomic E-state index is -0.497. The van der Waals surface area contributed by atoms with Gasteiger partial charge in [-0.15, -0.1) is 0 Å². The lowest BCUT2D eigenvalue weighted by Crippen LogP contribution is -2.22. The Balaban J connectivity index is 1.91. The van der Waals surface area contributed by atoms with Gasteiger partial charge in [0, 0.05) is 24.4 Å². The van der Waals surface area contributed by atoms with Crippen LogP contribution < -0.4 is 5.32 Å². The SMILES string of the molecule is COC(=O)/C=C/c1cccc(NCc2ccc(/C=C/C(=O)OC(C)(C)C)cc2)c1. The lowest BCUT2D eigenvalue weighted by molar-refractivity contribution is -0.148. The highest BCUT2D eigenvalue weighted by atomic mass is 16.6. The summed E-state index contributed by atoms with van der Waals surface area (Å²) in [5, 5.41) is 3.36. The fourth-order valence-electron chi connectivity index (χ4n) is 2.44. The molecular weight excluding hydrogens is 366 g/mol. The fourth-order valence-corrected chi connectivity index (χ4v) is 2.44. The number of ether oxygens (including phenoxy) is 2. The first-order chi connectivity index (χ1) is 13.7. The Morgan fingerprint density at radius 2 is 1.59 bits per heavy atom. The molecule has 5 heteroatoms. The van der Waals surface area contributed by atoms with Gasteiger partial charge < -0.3 is 14.8 Å². The first kappa shape index (κ1) is 22.0. The summed E-state index contributed by atoms with van der Waals surface area (Å²) in [5.74, 6) is -0.742. The molecular formula is C24H27NO4. The fraction of sp³-hybridized carbons (Fsp3) is 0.250. The van der Waals surface area contributed by atoms with Crippen LogP contribution in [0, 0.1) is 0 Å². The third-order valence-corrected chi connectivity index (χ3v) is 3.79. The summed E-state index contributed by atoms with van der Waals surface area (Å²) in [6.45, 7) is 6.17. The first-order valence-electron chi connectivity index (χ1n) is 9.35. The van der Waals surface area contributed by atoms with Gasteiger partial charge in [-0.2, -0.15) is 0 Å². The number of methoxy groups -OCH3 is 1. The van der Waals surface area contributed by atoms with E-state index >= 15 is 0 Å². The van der Waals surface area contributed by atoms with Crippen LogP contribution in [0.15, 0.2) is 60.7 Å². The predicted octanol–water partition coefficient (Wildman–Crippen LogP) is 4.84. The van der Waals surface area contributed by atoms with E-state index in [0.29, 0.717) is 6.54 Å². The Labute approximate surface area is 172 Å². The van der Waals surface area contributed by atoms with Crippen LogP contribution in [-0.2, 0) is 25.6 Å². The van der Waals surface area contributed by atoms with Crippen LogP contribution in [0.3, 0.4) is 0 Å². The quantitative estimate of drug-likeness (QED) is 0.539. The molecule has 152 valence electrons. The molecule has 0 fully saturated rings. The second kappa shape index (κ2) is 10.3. The van der Waals surface area contributed by atoms with E-state index in [-0.39, 0.29) is 11.9 Å². The van der Waals surface area contributed by atoms with Crippen molar-refractivity contribution in [3.05, 3.63) is 77.4 Å². The van der Waals surface area contributed by atoms with Gasteiger partial charge in [0.2, 0.25) is 0 Å². The minimum Gasteiger partial charge on any atom is -0.466 e. The summed E-state index contributed by atoms with van der Waals surface area (Å²) in [7, 11) is 1.35. The van der Waals surface area contributed by atoms with Gasteiger partial charge in [0.25, 0.3) is 0 Å². The first-order valence-corrected chi connectivity index (χ1v) is 9.35. The van der Waals surface area contributed by atoms with Crippen LogP contribution in [0.1, 0.15) is 37.5 Å². The van der Waals surface area contributed by atoms with Gasteiger partial charge in [-0.1, -0.05) is 36.4 Å². The number of benzene rings is 2. The predicted molar refractivity (Wildman–Crippen MR) is 116 cm³/mol. The summed E-state index contributed by atoms with van der Waals surface area (Å²) in [6.07, 6.45) is 6.28. The van der Waals surface area contributed by atoms with Gasteiger partial charge >= 0.3 is 11.9 Å². The zero-order chi connectivity index (χ0) is 21.3. The third kappa shape index (κ3) is 8.47. The van der Waals surface area contributed by atoms with Crippen LogP contribution in [0.25, 0.3) is 12.2 Å². The molecule has 0 aliphatic heterocycles. The molecule has 0 heterocycles. The molecule has 0 aliphatic rings. The third-order valence-electron chi connectivity index (χ3n) is 3.79. The van der Waals surface area contributed by atoms with E-state index in [1.54, 1.807) is 12.2 Å². The van der Waals surface area contributed by atoms with Gasteiger partial charge in [0.15, 0.2) is 0 Å². The number of carbonyl (C=O) groups excluding carboxylic acids is 2. The lowest BCUT2D eigenvalue weighted by Gasteiger charge is -2.17. The van der Waals surface area contributed by atoms with Crippen LogP contribution >= 0.6 is 0 Å². The van der Waals surface area contributed by atoms with E-state index in [0.717, 1.165) is 22.4 Å². The summed E-state index contributed by atoms with van der Waals surface area (Å²) in [6, 6.07) is 15.7. The van der Waals surface area contributed by atoms with Crippen LogP contribution in [0.2, 0.25) is 0 Å². The molecule has 2 aromatic carbocycles.